The summed E-state index contributed by atoms with van der Waals surface area (Å²) in [5.74, 6) is 0.219. The number of halogens is 1. The Morgan fingerprint density at radius 2 is 2.26 bits per heavy atom. The highest BCUT2D eigenvalue weighted by atomic mass is 35.5. The molecule has 2 aromatic rings. The van der Waals surface area contributed by atoms with E-state index >= 15 is 0 Å². The van der Waals surface area contributed by atoms with E-state index in [9.17, 15) is 8.42 Å². The van der Waals surface area contributed by atoms with E-state index in [1.807, 2.05) is 0 Å². The summed E-state index contributed by atoms with van der Waals surface area (Å²) in [6.07, 6.45) is 2.58. The van der Waals surface area contributed by atoms with Crippen molar-refractivity contribution in [1.29, 1.82) is 0 Å². The number of hydrogen-bond donors (Lipinski definition) is 1. The third-order valence-corrected chi connectivity index (χ3v) is 4.00. The van der Waals surface area contributed by atoms with Crippen LogP contribution in [0.25, 0.3) is 0 Å². The molecule has 1 heterocycles. The molecule has 0 atom stereocenters. The van der Waals surface area contributed by atoms with Crippen LogP contribution in [0.3, 0.4) is 0 Å². The Bertz CT molecular complexity index is 655. The Morgan fingerprint density at radius 1 is 1.47 bits per heavy atom. The van der Waals surface area contributed by atoms with Gasteiger partial charge in [-0.1, -0.05) is 11.6 Å². The predicted octanol–water partition coefficient (Wildman–Crippen LogP) is 1.82. The fourth-order valence-corrected chi connectivity index (χ4v) is 2.86. The van der Waals surface area contributed by atoms with Crippen molar-refractivity contribution < 1.29 is 17.6 Å². The normalized spacial score (nSPS) is 11.5. The maximum absolute atomic E-state index is 12.2. The predicted molar refractivity (Wildman–Crippen MR) is 68.5 cm³/mol. The molecule has 0 aliphatic carbocycles. The van der Waals surface area contributed by atoms with E-state index in [-0.39, 0.29) is 17.2 Å². The molecule has 0 amide bonds. The van der Waals surface area contributed by atoms with Crippen molar-refractivity contribution in [3.63, 3.8) is 0 Å². The standard InChI is InChI=1S/C11H11ClN2O4S/c1-17-10-3-2-8(12)4-11(10)19(15,16)14-5-9-6-18-7-13-9/h2-4,6-7,14H,5H2,1H3. The first-order valence-corrected chi connectivity index (χ1v) is 7.09. The Balaban J connectivity index is 2.26. The van der Waals surface area contributed by atoms with E-state index in [0.717, 1.165) is 0 Å². The number of hydrogen-bond acceptors (Lipinski definition) is 5. The summed E-state index contributed by atoms with van der Waals surface area (Å²) in [5, 5.41) is 0.308. The first kappa shape index (κ1) is 13.9. The zero-order valence-electron chi connectivity index (χ0n) is 9.96. The number of rotatable bonds is 5. The molecule has 2 rings (SSSR count). The van der Waals surface area contributed by atoms with Crippen molar-refractivity contribution in [3.05, 3.63) is 41.6 Å². The molecule has 0 bridgehead atoms. The first-order chi connectivity index (χ1) is 9.03. The molecule has 0 spiro atoms. The van der Waals surface area contributed by atoms with E-state index in [1.54, 1.807) is 6.07 Å². The average Bonchev–Trinajstić information content (AvgIpc) is 2.89. The van der Waals surface area contributed by atoms with Crippen LogP contribution in [0.1, 0.15) is 5.69 Å². The average molecular weight is 303 g/mol. The van der Waals surface area contributed by atoms with Gasteiger partial charge < -0.3 is 9.15 Å². The SMILES string of the molecule is COc1ccc(Cl)cc1S(=O)(=O)NCc1cocn1. The number of sulfonamides is 1. The molecule has 0 fully saturated rings. The van der Waals surface area contributed by atoms with Crippen LogP contribution in [0.2, 0.25) is 5.02 Å². The molecule has 0 unspecified atom stereocenters. The van der Waals surface area contributed by atoms with Gasteiger partial charge in [-0.25, -0.2) is 18.1 Å². The van der Waals surface area contributed by atoms with Crippen molar-refractivity contribution >= 4 is 21.6 Å². The monoisotopic (exact) mass is 302 g/mol. The highest BCUT2D eigenvalue weighted by Gasteiger charge is 2.20. The lowest BCUT2D eigenvalue weighted by Gasteiger charge is -2.10. The maximum atomic E-state index is 12.2. The Labute approximate surface area is 115 Å². The summed E-state index contributed by atoms with van der Waals surface area (Å²) in [6, 6.07) is 4.37. The molecular weight excluding hydrogens is 292 g/mol. The van der Waals surface area contributed by atoms with E-state index in [0.29, 0.717) is 10.7 Å². The maximum Gasteiger partial charge on any atom is 0.244 e. The lowest BCUT2D eigenvalue weighted by molar-refractivity contribution is 0.402. The van der Waals surface area contributed by atoms with Crippen LogP contribution in [0.5, 0.6) is 5.75 Å². The number of aromatic nitrogens is 1. The van der Waals surface area contributed by atoms with E-state index in [2.05, 4.69) is 9.71 Å². The summed E-state index contributed by atoms with van der Waals surface area (Å²) in [5.41, 5.74) is 0.476. The number of benzene rings is 1. The number of nitrogens with one attached hydrogen (secondary N) is 1. The van der Waals surface area contributed by atoms with Gasteiger partial charge in [0, 0.05) is 5.02 Å². The van der Waals surface area contributed by atoms with Crippen LogP contribution < -0.4 is 9.46 Å². The van der Waals surface area contributed by atoms with Gasteiger partial charge in [0.25, 0.3) is 0 Å². The van der Waals surface area contributed by atoms with Gasteiger partial charge in [0.2, 0.25) is 10.0 Å². The Kier molecular flexibility index (Phi) is 4.08. The molecule has 0 saturated heterocycles. The quantitative estimate of drug-likeness (QED) is 0.911. The molecule has 1 N–H and O–H groups in total. The number of nitrogens with zero attached hydrogens (tertiary/aromatic N) is 1. The van der Waals surface area contributed by atoms with Crippen LogP contribution >= 0.6 is 11.6 Å². The summed E-state index contributed by atoms with van der Waals surface area (Å²) in [4.78, 5) is 3.80. The minimum atomic E-state index is -3.74. The smallest absolute Gasteiger partial charge is 0.244 e. The van der Waals surface area contributed by atoms with Gasteiger partial charge in [0.1, 0.15) is 16.9 Å². The third-order valence-electron chi connectivity index (χ3n) is 2.34. The molecule has 19 heavy (non-hydrogen) atoms. The van der Waals surface area contributed by atoms with Gasteiger partial charge in [0.05, 0.1) is 19.3 Å². The lowest BCUT2D eigenvalue weighted by Crippen LogP contribution is -2.23. The topological polar surface area (TPSA) is 81.4 Å². The minimum absolute atomic E-state index is 0.0222. The van der Waals surface area contributed by atoms with Gasteiger partial charge in [-0.2, -0.15) is 0 Å². The molecule has 0 saturated carbocycles. The van der Waals surface area contributed by atoms with Gasteiger partial charge in [-0.15, -0.1) is 0 Å². The molecule has 8 heteroatoms. The van der Waals surface area contributed by atoms with E-state index < -0.39 is 10.0 Å². The molecule has 6 nitrogen and oxygen atoms in total. The molecule has 0 radical (unpaired) electrons. The van der Waals surface area contributed by atoms with Gasteiger partial charge >= 0.3 is 0 Å². The summed E-state index contributed by atoms with van der Waals surface area (Å²) < 4.78 is 36.5. The molecule has 1 aromatic carbocycles. The number of methoxy groups -OCH3 is 1. The van der Waals surface area contributed by atoms with Crippen LogP contribution in [0, 0.1) is 0 Å². The summed E-state index contributed by atoms with van der Waals surface area (Å²) in [6.45, 7) is 0.0223. The van der Waals surface area contributed by atoms with Crippen molar-refractivity contribution in [2.24, 2.45) is 0 Å². The number of ether oxygens (including phenoxy) is 1. The van der Waals surface area contributed by atoms with E-state index in [1.165, 1.54) is 31.9 Å². The summed E-state index contributed by atoms with van der Waals surface area (Å²) >= 11 is 5.80. The molecular formula is C11H11ClN2O4S. The largest absolute Gasteiger partial charge is 0.495 e. The lowest BCUT2D eigenvalue weighted by atomic mass is 10.3. The van der Waals surface area contributed by atoms with Crippen LogP contribution in [-0.4, -0.2) is 20.5 Å². The van der Waals surface area contributed by atoms with E-state index in [4.69, 9.17) is 20.8 Å². The fraction of sp³-hybridized carbons (Fsp3) is 0.182. The second kappa shape index (κ2) is 5.60. The third kappa shape index (κ3) is 3.25. The summed E-state index contributed by atoms with van der Waals surface area (Å²) in [7, 11) is -2.35. The van der Waals surface area contributed by atoms with Crippen molar-refractivity contribution in [2.75, 3.05) is 7.11 Å². The second-order valence-electron chi connectivity index (χ2n) is 3.60. The molecule has 0 aliphatic heterocycles. The Morgan fingerprint density at radius 3 is 2.89 bits per heavy atom. The zero-order chi connectivity index (χ0) is 13.9. The Hall–Kier alpha value is -1.57. The van der Waals surface area contributed by atoms with Gasteiger partial charge in [0.15, 0.2) is 6.39 Å². The van der Waals surface area contributed by atoms with Crippen molar-refractivity contribution in [3.8, 4) is 5.75 Å². The van der Waals surface area contributed by atoms with Crippen molar-refractivity contribution in [1.82, 2.24) is 9.71 Å². The first-order valence-electron chi connectivity index (χ1n) is 5.23. The van der Waals surface area contributed by atoms with Crippen LogP contribution in [0.15, 0.2) is 40.2 Å². The zero-order valence-corrected chi connectivity index (χ0v) is 11.5. The van der Waals surface area contributed by atoms with Crippen LogP contribution in [0.4, 0.5) is 0 Å². The fourth-order valence-electron chi connectivity index (χ4n) is 1.43. The van der Waals surface area contributed by atoms with Gasteiger partial charge in [-0.05, 0) is 18.2 Å². The molecule has 102 valence electrons. The van der Waals surface area contributed by atoms with Gasteiger partial charge in [-0.3, -0.25) is 0 Å². The second-order valence-corrected chi connectivity index (χ2v) is 5.77. The minimum Gasteiger partial charge on any atom is -0.495 e. The number of oxazole rings is 1. The highest BCUT2D eigenvalue weighted by molar-refractivity contribution is 7.89. The van der Waals surface area contributed by atoms with Crippen molar-refractivity contribution in [2.45, 2.75) is 11.4 Å². The molecule has 0 aliphatic rings. The highest BCUT2D eigenvalue weighted by Crippen LogP contribution is 2.26. The molecule has 1 aromatic heterocycles. The van der Waals surface area contributed by atoms with Crippen LogP contribution in [-0.2, 0) is 16.6 Å².